The molecule has 3 aromatic rings. The fourth-order valence-corrected chi connectivity index (χ4v) is 3.74. The van der Waals surface area contributed by atoms with Crippen LogP contribution in [0, 0.1) is 0 Å². The Balaban J connectivity index is 1.55. The summed E-state index contributed by atoms with van der Waals surface area (Å²) in [5.74, 6) is -0.295. The number of amides is 1. The van der Waals surface area contributed by atoms with E-state index in [4.69, 9.17) is 23.2 Å². The Morgan fingerprint density at radius 3 is 2.52 bits per heavy atom. The number of pyridine rings is 1. The molecule has 4 nitrogen and oxygen atoms in total. The molecule has 0 atom stereocenters. The number of halogens is 2. The number of rotatable bonds is 3. The zero-order valence-corrected chi connectivity index (χ0v) is 16.0. The minimum Gasteiger partial charge on any atom is -0.366 e. The normalized spacial score (nSPS) is 13.2. The summed E-state index contributed by atoms with van der Waals surface area (Å²) in [6.07, 6.45) is 4.30. The number of hydrogen-bond donors (Lipinski definition) is 1. The van der Waals surface area contributed by atoms with Crippen molar-refractivity contribution < 1.29 is 4.79 Å². The van der Waals surface area contributed by atoms with Crippen LogP contribution in [0.15, 0.2) is 60.9 Å². The van der Waals surface area contributed by atoms with Crippen LogP contribution in [0.4, 0.5) is 11.4 Å². The summed E-state index contributed by atoms with van der Waals surface area (Å²) in [5, 5.41) is 3.57. The first kappa shape index (κ1) is 17.8. The predicted octanol–water partition coefficient (Wildman–Crippen LogP) is 5.20. The molecule has 6 heteroatoms. The first-order valence-electron chi connectivity index (χ1n) is 8.64. The SMILES string of the molecule is O=C(Nc1c(Cl)cccc1Cl)c1cncc(N2CCc3ccccc3C2)c1. The number of carbonyl (C=O) groups is 1. The zero-order valence-electron chi connectivity index (χ0n) is 14.5. The highest BCUT2D eigenvalue weighted by Gasteiger charge is 2.18. The van der Waals surface area contributed by atoms with Crippen molar-refractivity contribution in [2.24, 2.45) is 0 Å². The molecule has 4 rings (SSSR count). The smallest absolute Gasteiger partial charge is 0.257 e. The van der Waals surface area contributed by atoms with E-state index < -0.39 is 0 Å². The Labute approximate surface area is 167 Å². The maximum Gasteiger partial charge on any atom is 0.257 e. The van der Waals surface area contributed by atoms with Crippen molar-refractivity contribution in [2.75, 3.05) is 16.8 Å². The first-order valence-corrected chi connectivity index (χ1v) is 9.39. The number of hydrogen-bond acceptors (Lipinski definition) is 3. The molecule has 1 aromatic heterocycles. The molecule has 2 aromatic carbocycles. The summed E-state index contributed by atoms with van der Waals surface area (Å²) < 4.78 is 0. The molecule has 0 radical (unpaired) electrons. The van der Waals surface area contributed by atoms with Gasteiger partial charge in [-0.1, -0.05) is 53.5 Å². The van der Waals surface area contributed by atoms with Gasteiger partial charge in [-0.3, -0.25) is 9.78 Å². The third-order valence-electron chi connectivity index (χ3n) is 4.68. The molecule has 1 amide bonds. The molecule has 0 spiro atoms. The Bertz CT molecular complexity index is 986. The van der Waals surface area contributed by atoms with Gasteiger partial charge in [0.05, 0.1) is 33.2 Å². The lowest BCUT2D eigenvalue weighted by Gasteiger charge is -2.30. The topological polar surface area (TPSA) is 45.2 Å². The molecule has 0 saturated carbocycles. The van der Waals surface area contributed by atoms with Crippen molar-refractivity contribution in [1.29, 1.82) is 0 Å². The number of nitrogens with zero attached hydrogens (tertiary/aromatic N) is 2. The predicted molar refractivity (Wildman–Crippen MR) is 110 cm³/mol. The lowest BCUT2D eigenvalue weighted by Crippen LogP contribution is -2.30. The van der Waals surface area contributed by atoms with E-state index >= 15 is 0 Å². The van der Waals surface area contributed by atoms with Crippen LogP contribution in [-0.2, 0) is 13.0 Å². The summed E-state index contributed by atoms with van der Waals surface area (Å²) in [4.78, 5) is 19.2. The van der Waals surface area contributed by atoms with Crippen molar-refractivity contribution in [3.8, 4) is 0 Å². The number of benzene rings is 2. The second kappa shape index (κ2) is 7.59. The molecule has 1 N–H and O–H groups in total. The van der Waals surface area contributed by atoms with Gasteiger partial charge in [0, 0.05) is 19.3 Å². The van der Waals surface area contributed by atoms with Crippen molar-refractivity contribution in [2.45, 2.75) is 13.0 Å². The van der Waals surface area contributed by atoms with E-state index in [0.29, 0.717) is 21.3 Å². The van der Waals surface area contributed by atoms with Crippen LogP contribution in [0.25, 0.3) is 0 Å². The minimum absolute atomic E-state index is 0.295. The molecule has 2 heterocycles. The van der Waals surface area contributed by atoms with Crippen LogP contribution < -0.4 is 10.2 Å². The number of nitrogens with one attached hydrogen (secondary N) is 1. The van der Waals surface area contributed by atoms with Crippen LogP contribution in [-0.4, -0.2) is 17.4 Å². The maximum absolute atomic E-state index is 12.7. The van der Waals surface area contributed by atoms with E-state index in [1.54, 1.807) is 30.6 Å². The standard InChI is InChI=1S/C21H17Cl2N3O/c22-18-6-3-7-19(23)20(18)25-21(27)16-10-17(12-24-11-16)26-9-8-14-4-1-2-5-15(14)13-26/h1-7,10-12H,8-9,13H2,(H,25,27). The number of carbonyl (C=O) groups excluding carboxylic acids is 1. The molecule has 0 aliphatic carbocycles. The van der Waals surface area contributed by atoms with Gasteiger partial charge in [0.15, 0.2) is 0 Å². The lowest BCUT2D eigenvalue weighted by molar-refractivity contribution is 0.102. The van der Waals surface area contributed by atoms with Gasteiger partial charge in [-0.2, -0.15) is 0 Å². The molecule has 27 heavy (non-hydrogen) atoms. The van der Waals surface area contributed by atoms with Gasteiger partial charge in [0.2, 0.25) is 0 Å². The third-order valence-corrected chi connectivity index (χ3v) is 5.31. The number of aromatic nitrogens is 1. The number of para-hydroxylation sites is 1. The monoisotopic (exact) mass is 397 g/mol. The Morgan fingerprint density at radius 2 is 1.74 bits per heavy atom. The van der Waals surface area contributed by atoms with Gasteiger partial charge < -0.3 is 10.2 Å². The fourth-order valence-electron chi connectivity index (χ4n) is 3.24. The highest BCUT2D eigenvalue weighted by atomic mass is 35.5. The lowest BCUT2D eigenvalue weighted by atomic mass is 9.99. The highest BCUT2D eigenvalue weighted by Crippen LogP contribution is 2.30. The highest BCUT2D eigenvalue weighted by molar-refractivity contribution is 6.40. The summed E-state index contributed by atoms with van der Waals surface area (Å²) >= 11 is 12.3. The maximum atomic E-state index is 12.7. The van der Waals surface area contributed by atoms with E-state index in [-0.39, 0.29) is 5.91 Å². The van der Waals surface area contributed by atoms with E-state index in [9.17, 15) is 4.79 Å². The van der Waals surface area contributed by atoms with Gasteiger partial charge in [0.1, 0.15) is 0 Å². The number of anilines is 2. The zero-order chi connectivity index (χ0) is 18.8. The van der Waals surface area contributed by atoms with Crippen LogP contribution in [0.3, 0.4) is 0 Å². The van der Waals surface area contributed by atoms with E-state index in [1.807, 2.05) is 6.07 Å². The molecule has 0 saturated heterocycles. The van der Waals surface area contributed by atoms with Crippen LogP contribution >= 0.6 is 23.2 Å². The van der Waals surface area contributed by atoms with E-state index in [0.717, 1.165) is 25.2 Å². The van der Waals surface area contributed by atoms with E-state index in [2.05, 4.69) is 39.5 Å². The van der Waals surface area contributed by atoms with E-state index in [1.165, 1.54) is 11.1 Å². The molecule has 0 unspecified atom stereocenters. The molecule has 136 valence electrons. The summed E-state index contributed by atoms with van der Waals surface area (Å²) in [5.41, 5.74) is 4.47. The van der Waals surface area contributed by atoms with Crippen LogP contribution in [0.2, 0.25) is 10.0 Å². The van der Waals surface area contributed by atoms with Gasteiger partial charge in [-0.25, -0.2) is 0 Å². The third kappa shape index (κ3) is 3.77. The quantitative estimate of drug-likeness (QED) is 0.659. The van der Waals surface area contributed by atoms with Gasteiger partial charge in [-0.05, 0) is 35.7 Å². The molecule has 1 aliphatic rings. The minimum atomic E-state index is -0.295. The Kier molecular flexibility index (Phi) is 5.01. The Morgan fingerprint density at radius 1 is 1.00 bits per heavy atom. The van der Waals surface area contributed by atoms with Gasteiger partial charge in [0.25, 0.3) is 5.91 Å². The summed E-state index contributed by atoms with van der Waals surface area (Å²) in [6, 6.07) is 15.4. The molecular formula is C21H17Cl2N3O. The molecule has 0 bridgehead atoms. The number of fused-ring (bicyclic) bond motifs is 1. The average Bonchev–Trinajstić information content (AvgIpc) is 2.70. The van der Waals surface area contributed by atoms with Crippen molar-refractivity contribution in [3.63, 3.8) is 0 Å². The second-order valence-electron chi connectivity index (χ2n) is 6.42. The second-order valence-corrected chi connectivity index (χ2v) is 7.24. The first-order chi connectivity index (χ1) is 13.1. The average molecular weight is 398 g/mol. The molecule has 0 fully saturated rings. The largest absolute Gasteiger partial charge is 0.366 e. The van der Waals surface area contributed by atoms with Crippen LogP contribution in [0.1, 0.15) is 21.5 Å². The molecular weight excluding hydrogens is 381 g/mol. The van der Waals surface area contributed by atoms with Crippen molar-refractivity contribution >= 4 is 40.5 Å². The summed E-state index contributed by atoms with van der Waals surface area (Å²) in [6.45, 7) is 1.69. The Hall–Kier alpha value is -2.56. The fraction of sp³-hybridized carbons (Fsp3) is 0.143. The van der Waals surface area contributed by atoms with Crippen molar-refractivity contribution in [3.05, 3.63) is 87.7 Å². The summed E-state index contributed by atoms with van der Waals surface area (Å²) in [7, 11) is 0. The van der Waals surface area contributed by atoms with Crippen LogP contribution in [0.5, 0.6) is 0 Å². The van der Waals surface area contributed by atoms with Gasteiger partial charge >= 0.3 is 0 Å². The van der Waals surface area contributed by atoms with Crippen molar-refractivity contribution in [1.82, 2.24) is 4.98 Å². The van der Waals surface area contributed by atoms with Gasteiger partial charge in [-0.15, -0.1) is 0 Å². The molecule has 1 aliphatic heterocycles.